The quantitative estimate of drug-likeness (QED) is 0.362. The highest BCUT2D eigenvalue weighted by Crippen LogP contribution is 2.19. The van der Waals surface area contributed by atoms with Crippen LogP contribution in [0.3, 0.4) is 0 Å². The number of benzene rings is 1. The van der Waals surface area contributed by atoms with Gasteiger partial charge in [-0.3, -0.25) is 4.79 Å². The predicted molar refractivity (Wildman–Crippen MR) is 80.2 cm³/mol. The number of likely N-dealkylation sites (tertiary alicyclic amines) is 1. The largest absolute Gasteiger partial charge is 0.445 e. The van der Waals surface area contributed by atoms with Crippen LogP contribution in [-0.2, 0) is 16.1 Å². The van der Waals surface area contributed by atoms with E-state index in [1.165, 1.54) is 6.08 Å². The smallest absolute Gasteiger partial charge is 0.410 e. The first-order valence-corrected chi connectivity index (χ1v) is 7.07. The molecule has 2 rings (SSSR count). The van der Waals surface area contributed by atoms with E-state index in [1.54, 1.807) is 11.0 Å². The minimum absolute atomic E-state index is 0.167. The summed E-state index contributed by atoms with van der Waals surface area (Å²) in [5.74, 6) is -0.424. The van der Waals surface area contributed by atoms with Crippen LogP contribution in [0.4, 0.5) is 4.79 Å². The number of ketones is 1. The molecule has 0 spiro atoms. The molecule has 1 aromatic carbocycles. The van der Waals surface area contributed by atoms with Crippen LogP contribution in [0.2, 0.25) is 0 Å². The third kappa shape index (κ3) is 4.40. The SMILES string of the molecule is [N-]=[N+]=CC(=O)/C=C/[C@@H]1CCCN1C(=O)OCc1ccccc1. The molecule has 0 unspecified atom stereocenters. The Hall–Kier alpha value is -2.72. The Bertz CT molecular complexity index is 606. The number of amides is 1. The summed E-state index contributed by atoms with van der Waals surface area (Å²) in [6.45, 7) is 0.827. The summed E-state index contributed by atoms with van der Waals surface area (Å²) in [5, 5.41) is 0. The zero-order chi connectivity index (χ0) is 15.8. The summed E-state index contributed by atoms with van der Waals surface area (Å²) in [7, 11) is 0. The maximum atomic E-state index is 12.1. The van der Waals surface area contributed by atoms with Crippen molar-refractivity contribution in [2.45, 2.75) is 25.5 Å². The van der Waals surface area contributed by atoms with E-state index in [0.717, 1.165) is 24.6 Å². The van der Waals surface area contributed by atoms with Crippen molar-refractivity contribution in [3.05, 3.63) is 53.6 Å². The Morgan fingerprint density at radius 3 is 2.86 bits per heavy atom. The molecule has 0 aromatic heterocycles. The van der Waals surface area contributed by atoms with Crippen LogP contribution in [0.15, 0.2) is 42.5 Å². The molecular weight excluding hydrogens is 282 g/mol. The molecule has 1 aliphatic heterocycles. The fourth-order valence-electron chi connectivity index (χ4n) is 2.33. The van der Waals surface area contributed by atoms with Gasteiger partial charge in [0, 0.05) is 6.54 Å². The van der Waals surface area contributed by atoms with E-state index < -0.39 is 5.78 Å². The van der Waals surface area contributed by atoms with E-state index in [9.17, 15) is 9.59 Å². The van der Waals surface area contributed by atoms with Gasteiger partial charge in [0.05, 0.1) is 6.04 Å². The second kappa shape index (κ2) is 7.90. The number of hydrogen-bond donors (Lipinski definition) is 0. The van der Waals surface area contributed by atoms with Gasteiger partial charge < -0.3 is 15.2 Å². The van der Waals surface area contributed by atoms with Gasteiger partial charge in [-0.15, -0.1) is 0 Å². The molecule has 0 saturated carbocycles. The van der Waals surface area contributed by atoms with Crippen molar-refractivity contribution in [3.8, 4) is 0 Å². The molecular formula is C16H17N3O3. The molecule has 0 bridgehead atoms. The van der Waals surface area contributed by atoms with E-state index in [-0.39, 0.29) is 18.7 Å². The fraction of sp³-hybridized carbons (Fsp3) is 0.312. The van der Waals surface area contributed by atoms with Gasteiger partial charge in [0.1, 0.15) is 6.61 Å². The maximum Gasteiger partial charge on any atom is 0.410 e. The number of ether oxygens (including phenoxy) is 1. The highest BCUT2D eigenvalue weighted by atomic mass is 16.6. The molecule has 22 heavy (non-hydrogen) atoms. The first kappa shape index (κ1) is 15.7. The lowest BCUT2D eigenvalue weighted by Gasteiger charge is -2.21. The molecule has 0 radical (unpaired) electrons. The van der Waals surface area contributed by atoms with Crippen LogP contribution >= 0.6 is 0 Å². The Balaban J connectivity index is 1.90. The molecule has 114 valence electrons. The molecule has 1 aromatic rings. The second-order valence-electron chi connectivity index (χ2n) is 4.95. The third-order valence-corrected chi connectivity index (χ3v) is 3.41. The lowest BCUT2D eigenvalue weighted by atomic mass is 10.2. The predicted octanol–water partition coefficient (Wildman–Crippen LogP) is 2.21. The van der Waals surface area contributed by atoms with Crippen molar-refractivity contribution in [3.63, 3.8) is 0 Å². The summed E-state index contributed by atoms with van der Waals surface area (Å²) in [6.07, 6.45) is 5.00. The van der Waals surface area contributed by atoms with E-state index in [2.05, 4.69) is 4.79 Å². The van der Waals surface area contributed by atoms with E-state index >= 15 is 0 Å². The van der Waals surface area contributed by atoms with Gasteiger partial charge in [-0.2, -0.15) is 4.79 Å². The van der Waals surface area contributed by atoms with Crippen LogP contribution in [0.25, 0.3) is 5.53 Å². The Morgan fingerprint density at radius 2 is 2.14 bits per heavy atom. The summed E-state index contributed by atoms with van der Waals surface area (Å²) < 4.78 is 5.30. The van der Waals surface area contributed by atoms with Crippen molar-refractivity contribution >= 4 is 18.1 Å². The minimum Gasteiger partial charge on any atom is -0.445 e. The normalized spacial score (nSPS) is 17.3. The summed E-state index contributed by atoms with van der Waals surface area (Å²) >= 11 is 0. The van der Waals surface area contributed by atoms with Crippen LogP contribution < -0.4 is 0 Å². The minimum atomic E-state index is -0.424. The van der Waals surface area contributed by atoms with Crippen LogP contribution in [0, 0.1) is 0 Å². The first-order valence-electron chi connectivity index (χ1n) is 7.07. The second-order valence-corrected chi connectivity index (χ2v) is 4.95. The number of allylic oxidation sites excluding steroid dienone is 1. The van der Waals surface area contributed by atoms with Crippen molar-refractivity contribution < 1.29 is 19.1 Å². The van der Waals surface area contributed by atoms with Gasteiger partial charge in [-0.05, 0) is 24.5 Å². The van der Waals surface area contributed by atoms with Crippen LogP contribution in [0.1, 0.15) is 18.4 Å². The lowest BCUT2D eigenvalue weighted by molar-refractivity contribution is -0.111. The average Bonchev–Trinajstić information content (AvgIpc) is 3.00. The molecule has 0 N–H and O–H groups in total. The number of rotatable bonds is 5. The van der Waals surface area contributed by atoms with Crippen molar-refractivity contribution in [2.24, 2.45) is 0 Å². The van der Waals surface area contributed by atoms with Crippen LogP contribution in [-0.4, -0.2) is 40.4 Å². The Kier molecular flexibility index (Phi) is 5.63. The third-order valence-electron chi connectivity index (χ3n) is 3.41. The molecule has 6 nitrogen and oxygen atoms in total. The summed E-state index contributed by atoms with van der Waals surface area (Å²) in [6, 6.07) is 9.29. The fourth-order valence-corrected chi connectivity index (χ4v) is 2.33. The van der Waals surface area contributed by atoms with Gasteiger partial charge >= 0.3 is 12.3 Å². The maximum absolute atomic E-state index is 12.1. The molecule has 1 atom stereocenters. The average molecular weight is 299 g/mol. The van der Waals surface area contributed by atoms with E-state index in [4.69, 9.17) is 10.3 Å². The van der Waals surface area contributed by atoms with Gasteiger partial charge in [-0.25, -0.2) is 4.79 Å². The molecule has 6 heteroatoms. The molecule has 0 aliphatic carbocycles. The lowest BCUT2D eigenvalue weighted by Crippen LogP contribution is -2.34. The zero-order valence-electron chi connectivity index (χ0n) is 12.1. The monoisotopic (exact) mass is 299 g/mol. The molecule has 1 fully saturated rings. The highest BCUT2D eigenvalue weighted by molar-refractivity contribution is 6.30. The van der Waals surface area contributed by atoms with Gasteiger partial charge in [0.25, 0.3) is 5.78 Å². The zero-order valence-corrected chi connectivity index (χ0v) is 12.1. The van der Waals surface area contributed by atoms with E-state index in [0.29, 0.717) is 6.54 Å². The molecule has 1 amide bonds. The van der Waals surface area contributed by atoms with Gasteiger partial charge in [0.15, 0.2) is 0 Å². The molecule has 1 aliphatic rings. The Morgan fingerprint density at radius 1 is 1.36 bits per heavy atom. The summed E-state index contributed by atoms with van der Waals surface area (Å²) in [4.78, 5) is 27.6. The van der Waals surface area contributed by atoms with Crippen molar-refractivity contribution in [1.82, 2.24) is 4.90 Å². The highest BCUT2D eigenvalue weighted by Gasteiger charge is 2.28. The van der Waals surface area contributed by atoms with E-state index in [1.807, 2.05) is 30.3 Å². The number of carbonyl (C=O) groups is 2. The van der Waals surface area contributed by atoms with Gasteiger partial charge in [0.2, 0.25) is 0 Å². The standard InChI is InChI=1S/C16H17N3O3/c17-18-11-15(20)9-8-14-7-4-10-19(14)16(21)22-12-13-5-2-1-3-6-13/h1-3,5-6,8-9,11,14H,4,7,10,12H2/b9-8+/t14-/m0/s1. The van der Waals surface area contributed by atoms with Crippen LogP contribution in [0.5, 0.6) is 0 Å². The molecule has 1 heterocycles. The number of nitrogens with zero attached hydrogens (tertiary/aromatic N) is 3. The van der Waals surface area contributed by atoms with Crippen molar-refractivity contribution in [2.75, 3.05) is 6.54 Å². The molecule has 1 saturated heterocycles. The topological polar surface area (TPSA) is 83.0 Å². The van der Waals surface area contributed by atoms with Crippen molar-refractivity contribution in [1.29, 1.82) is 0 Å². The first-order chi connectivity index (χ1) is 10.7. The Labute approximate surface area is 128 Å². The number of hydrogen-bond acceptors (Lipinski definition) is 3. The number of carbonyl (C=O) groups excluding carboxylic acids is 2. The van der Waals surface area contributed by atoms with Gasteiger partial charge in [-0.1, -0.05) is 36.4 Å². The summed E-state index contributed by atoms with van der Waals surface area (Å²) in [5.41, 5.74) is 9.20.